The first kappa shape index (κ1) is 11.6. The van der Waals surface area contributed by atoms with Gasteiger partial charge >= 0.3 is 0 Å². The Kier molecular flexibility index (Phi) is 3.74. The number of nitrogens with zero attached hydrogens (tertiary/aromatic N) is 2. The Morgan fingerprint density at radius 1 is 0.882 bits per heavy atom. The van der Waals surface area contributed by atoms with E-state index in [-0.39, 0.29) is 0 Å². The van der Waals surface area contributed by atoms with Crippen molar-refractivity contribution in [3.05, 3.63) is 11.3 Å². The quantitative estimate of drug-likeness (QED) is 0.650. The molecule has 0 unspecified atom stereocenters. The molecule has 1 saturated heterocycles. The number of allylic oxidation sites excluding steroid dienone is 1. The van der Waals surface area contributed by atoms with E-state index in [1.165, 1.54) is 81.1 Å². The van der Waals surface area contributed by atoms with Gasteiger partial charge in [0.05, 0.1) is 0 Å². The number of hydrogen-bond donors (Lipinski definition) is 0. The summed E-state index contributed by atoms with van der Waals surface area (Å²) in [7, 11) is 0. The molecule has 2 nitrogen and oxygen atoms in total. The molecule has 3 rings (SSSR count). The van der Waals surface area contributed by atoms with Crippen molar-refractivity contribution in [1.29, 1.82) is 0 Å². The smallest absolute Gasteiger partial charge is 0.164 e. The van der Waals surface area contributed by atoms with Gasteiger partial charge in [-0.15, -0.1) is 0 Å². The van der Waals surface area contributed by atoms with Crippen LogP contribution in [0.4, 0.5) is 0 Å². The van der Waals surface area contributed by atoms with Crippen LogP contribution in [-0.4, -0.2) is 28.9 Å². The largest absolute Gasteiger partial charge is 0.351 e. The molecule has 17 heavy (non-hydrogen) atoms. The summed E-state index contributed by atoms with van der Waals surface area (Å²) in [5.41, 5.74) is 3.09. The Labute approximate surface area is 109 Å². The zero-order valence-electron chi connectivity index (χ0n) is 10.6. The molecule has 0 aromatic carbocycles. The first-order chi connectivity index (χ1) is 8.43. The summed E-state index contributed by atoms with van der Waals surface area (Å²) in [6.45, 7) is 2.46. The summed E-state index contributed by atoms with van der Waals surface area (Å²) in [6.07, 6.45) is 10.8. The molecule has 3 heteroatoms. The lowest BCUT2D eigenvalue weighted by molar-refractivity contribution is 0.347. The third-order valence-electron chi connectivity index (χ3n) is 4.03. The fourth-order valence-corrected chi connectivity index (χ4v) is 4.12. The van der Waals surface area contributed by atoms with E-state index in [0.29, 0.717) is 0 Å². The van der Waals surface area contributed by atoms with E-state index in [2.05, 4.69) is 4.90 Å². The van der Waals surface area contributed by atoms with E-state index in [0.717, 1.165) is 0 Å². The second-order valence-corrected chi connectivity index (χ2v) is 6.28. The molecule has 0 N–H and O–H groups in total. The van der Waals surface area contributed by atoms with Gasteiger partial charge in [-0.2, -0.15) is 0 Å². The minimum absolute atomic E-state index is 1.21. The van der Waals surface area contributed by atoms with Gasteiger partial charge in [0, 0.05) is 24.5 Å². The summed E-state index contributed by atoms with van der Waals surface area (Å²) < 4.78 is 0. The lowest BCUT2D eigenvalue weighted by Gasteiger charge is -2.31. The molecule has 0 saturated carbocycles. The molecule has 0 bridgehead atoms. The van der Waals surface area contributed by atoms with Crippen LogP contribution in [0.3, 0.4) is 0 Å². The van der Waals surface area contributed by atoms with E-state index in [1.54, 1.807) is 5.57 Å². The number of piperidine rings is 1. The molecule has 0 atom stereocenters. The van der Waals surface area contributed by atoms with Crippen LogP contribution in [0.5, 0.6) is 0 Å². The third-order valence-corrected chi connectivity index (χ3v) is 5.13. The van der Waals surface area contributed by atoms with Crippen LogP contribution in [0.15, 0.2) is 16.3 Å². The van der Waals surface area contributed by atoms with Gasteiger partial charge in [-0.3, -0.25) is 0 Å². The Morgan fingerprint density at radius 2 is 1.65 bits per heavy atom. The molecular formula is C14H22N2S. The molecular weight excluding hydrogens is 228 g/mol. The minimum Gasteiger partial charge on any atom is -0.351 e. The van der Waals surface area contributed by atoms with Crippen molar-refractivity contribution in [2.45, 2.75) is 51.4 Å². The zero-order valence-corrected chi connectivity index (χ0v) is 11.4. The van der Waals surface area contributed by atoms with Crippen LogP contribution in [0.25, 0.3) is 0 Å². The van der Waals surface area contributed by atoms with Crippen molar-refractivity contribution >= 4 is 16.9 Å². The number of likely N-dealkylation sites (tertiary alicyclic amines) is 1. The van der Waals surface area contributed by atoms with Crippen molar-refractivity contribution in [1.82, 2.24) is 4.90 Å². The zero-order chi connectivity index (χ0) is 11.5. The van der Waals surface area contributed by atoms with Gasteiger partial charge in [0.1, 0.15) is 0 Å². The van der Waals surface area contributed by atoms with E-state index < -0.39 is 0 Å². The van der Waals surface area contributed by atoms with Crippen molar-refractivity contribution in [2.75, 3.05) is 18.8 Å². The van der Waals surface area contributed by atoms with Crippen LogP contribution in [0.1, 0.15) is 51.4 Å². The molecule has 0 amide bonds. The van der Waals surface area contributed by atoms with Crippen molar-refractivity contribution in [3.8, 4) is 0 Å². The lowest BCUT2D eigenvalue weighted by Crippen LogP contribution is -2.35. The Bertz CT molecular complexity index is 340. The molecule has 94 valence electrons. The van der Waals surface area contributed by atoms with Gasteiger partial charge < -0.3 is 4.90 Å². The van der Waals surface area contributed by atoms with E-state index in [4.69, 9.17) is 4.99 Å². The van der Waals surface area contributed by atoms with Crippen LogP contribution < -0.4 is 0 Å². The topological polar surface area (TPSA) is 15.6 Å². The monoisotopic (exact) mass is 250 g/mol. The van der Waals surface area contributed by atoms with Crippen molar-refractivity contribution in [2.24, 2.45) is 4.99 Å². The molecule has 3 aliphatic rings. The Morgan fingerprint density at radius 3 is 2.53 bits per heavy atom. The van der Waals surface area contributed by atoms with E-state index in [1.807, 2.05) is 11.8 Å². The predicted molar refractivity (Wildman–Crippen MR) is 75.4 cm³/mol. The summed E-state index contributed by atoms with van der Waals surface area (Å²) in [6, 6.07) is 0. The van der Waals surface area contributed by atoms with Crippen LogP contribution in [-0.2, 0) is 0 Å². The third kappa shape index (κ3) is 2.70. The second-order valence-electron chi connectivity index (χ2n) is 5.34. The highest BCUT2D eigenvalue weighted by Gasteiger charge is 2.22. The molecule has 0 aromatic rings. The highest BCUT2D eigenvalue weighted by atomic mass is 32.2. The number of amidine groups is 1. The lowest BCUT2D eigenvalue weighted by atomic mass is 10.1. The summed E-state index contributed by atoms with van der Waals surface area (Å²) in [4.78, 5) is 7.49. The maximum Gasteiger partial charge on any atom is 0.164 e. The highest BCUT2D eigenvalue weighted by Crippen LogP contribution is 2.33. The van der Waals surface area contributed by atoms with Gasteiger partial charge in [0.25, 0.3) is 0 Å². The predicted octanol–water partition coefficient (Wildman–Crippen LogP) is 3.79. The van der Waals surface area contributed by atoms with Crippen LogP contribution in [0.2, 0.25) is 0 Å². The van der Waals surface area contributed by atoms with Gasteiger partial charge in [0.15, 0.2) is 5.17 Å². The Balaban J connectivity index is 1.75. The van der Waals surface area contributed by atoms with Gasteiger partial charge in [-0.05, 0) is 50.5 Å². The maximum absolute atomic E-state index is 4.97. The van der Waals surface area contributed by atoms with Crippen molar-refractivity contribution < 1.29 is 0 Å². The molecule has 1 fully saturated rings. The van der Waals surface area contributed by atoms with Gasteiger partial charge in [-0.25, -0.2) is 4.99 Å². The van der Waals surface area contributed by atoms with Crippen molar-refractivity contribution in [3.63, 3.8) is 0 Å². The molecule has 2 aliphatic heterocycles. The normalized spacial score (nSPS) is 26.4. The van der Waals surface area contributed by atoms with E-state index in [9.17, 15) is 0 Å². The molecule has 0 aromatic heterocycles. The summed E-state index contributed by atoms with van der Waals surface area (Å²) >= 11 is 1.98. The highest BCUT2D eigenvalue weighted by molar-refractivity contribution is 8.14. The fourth-order valence-electron chi connectivity index (χ4n) is 2.97. The minimum atomic E-state index is 1.21. The summed E-state index contributed by atoms with van der Waals surface area (Å²) in [5, 5.41) is 1.32. The summed E-state index contributed by atoms with van der Waals surface area (Å²) in [5.74, 6) is 1.21. The number of hydrogen-bond acceptors (Lipinski definition) is 3. The molecule has 0 radical (unpaired) electrons. The first-order valence-corrected chi connectivity index (χ1v) is 8.09. The second kappa shape index (κ2) is 5.47. The maximum atomic E-state index is 4.97. The first-order valence-electron chi connectivity index (χ1n) is 7.11. The molecule has 1 aliphatic carbocycles. The number of rotatable bonds is 0. The standard InChI is InChI=1S/C14H22N2S/c1-3-7-12-11-17-14(15-13(12)8-4-1)16-9-5-2-6-10-16/h1-11H2. The van der Waals surface area contributed by atoms with Crippen LogP contribution >= 0.6 is 11.8 Å². The van der Waals surface area contributed by atoms with Gasteiger partial charge in [-0.1, -0.05) is 18.2 Å². The SMILES string of the molecule is C1CCC2=C(CC1)N=C(N1CCCCC1)SC2. The number of thioether (sulfide) groups is 1. The van der Waals surface area contributed by atoms with Crippen LogP contribution in [0, 0.1) is 0 Å². The van der Waals surface area contributed by atoms with E-state index >= 15 is 0 Å². The molecule has 2 heterocycles. The fraction of sp³-hybridized carbons (Fsp3) is 0.786. The van der Waals surface area contributed by atoms with Gasteiger partial charge in [0.2, 0.25) is 0 Å². The Hall–Kier alpha value is -0.440. The molecule has 0 spiro atoms. The number of aliphatic imine (C=N–C) groups is 1. The average molecular weight is 250 g/mol. The average Bonchev–Trinajstić information content (AvgIpc) is 2.64.